The predicted molar refractivity (Wildman–Crippen MR) is 122 cm³/mol. The number of nitrogens with one attached hydrogen (secondary N) is 1. The molecule has 3 heterocycles. The third-order valence-electron chi connectivity index (χ3n) is 7.07. The highest BCUT2D eigenvalue weighted by Crippen LogP contribution is 2.40. The Hall–Kier alpha value is -2.51. The smallest absolute Gasteiger partial charge is 0.233 e. The van der Waals surface area contributed by atoms with Crippen LogP contribution in [-0.4, -0.2) is 60.0 Å². The maximum Gasteiger partial charge on any atom is 0.233 e. The van der Waals surface area contributed by atoms with Gasteiger partial charge in [-0.2, -0.15) is 0 Å². The van der Waals surface area contributed by atoms with Crippen LogP contribution in [0.1, 0.15) is 32.6 Å². The topological polar surface area (TPSA) is 76.6 Å². The molecule has 3 aliphatic rings. The Kier molecular flexibility index (Phi) is 6.37. The molecule has 2 aliphatic heterocycles. The molecule has 0 radical (unpaired) electrons. The lowest BCUT2D eigenvalue weighted by molar-refractivity contribution is -0.114. The minimum Gasteiger partial charge on any atom is -0.473 e. The number of rotatable bonds is 6. The van der Waals surface area contributed by atoms with E-state index in [9.17, 15) is 4.79 Å². The minimum absolute atomic E-state index is 0.0814. The molecule has 5 rings (SSSR count). The Bertz CT molecular complexity index is 898. The van der Waals surface area contributed by atoms with Gasteiger partial charge in [0.1, 0.15) is 6.10 Å². The van der Waals surface area contributed by atoms with Gasteiger partial charge in [-0.15, -0.1) is 10.2 Å². The van der Waals surface area contributed by atoms with Crippen molar-refractivity contribution in [3.63, 3.8) is 0 Å². The highest BCUT2D eigenvalue weighted by Gasteiger charge is 2.42. The molecule has 7 nitrogen and oxygen atoms in total. The van der Waals surface area contributed by atoms with Gasteiger partial charge in [0.05, 0.1) is 5.69 Å². The number of amides is 1. The normalized spacial score (nSPS) is 26.1. The summed E-state index contributed by atoms with van der Waals surface area (Å²) in [6.45, 7) is 7.02. The van der Waals surface area contributed by atoms with Crippen molar-refractivity contribution in [2.45, 2.75) is 38.7 Å². The van der Waals surface area contributed by atoms with Crippen molar-refractivity contribution >= 4 is 11.6 Å². The summed E-state index contributed by atoms with van der Waals surface area (Å²) in [7, 11) is 0. The molecule has 1 N–H and O–H groups in total. The average molecular weight is 437 g/mol. The highest BCUT2D eigenvalue weighted by molar-refractivity contribution is 5.88. The molecule has 1 aliphatic carbocycles. The van der Waals surface area contributed by atoms with E-state index < -0.39 is 0 Å². The number of hydrogen-bond acceptors (Lipinski definition) is 6. The number of carbonyl (C=O) groups excluding carboxylic acids is 1. The average Bonchev–Trinajstić information content (AvgIpc) is 3.33. The van der Waals surface area contributed by atoms with Gasteiger partial charge in [0.25, 0.3) is 0 Å². The van der Waals surface area contributed by atoms with Gasteiger partial charge in [-0.1, -0.05) is 12.1 Å². The first-order chi connectivity index (χ1) is 15.6. The summed E-state index contributed by atoms with van der Waals surface area (Å²) in [5, 5.41) is 11.4. The van der Waals surface area contributed by atoms with Crippen LogP contribution in [0, 0.1) is 17.8 Å². The lowest BCUT2D eigenvalue weighted by Gasteiger charge is -2.27. The lowest BCUT2D eigenvalue weighted by atomic mass is 10.00. The molecule has 0 unspecified atom stereocenters. The van der Waals surface area contributed by atoms with Gasteiger partial charge in [0.15, 0.2) is 0 Å². The van der Waals surface area contributed by atoms with Gasteiger partial charge >= 0.3 is 0 Å². The van der Waals surface area contributed by atoms with Crippen molar-refractivity contribution in [3.05, 3.63) is 36.4 Å². The molecule has 0 bridgehead atoms. The zero-order valence-electron chi connectivity index (χ0n) is 18.7. The first-order valence-electron chi connectivity index (χ1n) is 11.8. The van der Waals surface area contributed by atoms with Crippen LogP contribution in [0.15, 0.2) is 36.4 Å². The van der Waals surface area contributed by atoms with Crippen molar-refractivity contribution in [3.8, 4) is 17.1 Å². The third kappa shape index (κ3) is 5.10. The highest BCUT2D eigenvalue weighted by atomic mass is 16.5. The quantitative estimate of drug-likeness (QED) is 0.745. The molecule has 3 fully saturated rings. The number of aromatic nitrogens is 2. The zero-order valence-corrected chi connectivity index (χ0v) is 18.7. The second-order valence-electron chi connectivity index (χ2n) is 9.52. The molecule has 1 amide bonds. The molecule has 2 saturated heterocycles. The molecular formula is C25H32N4O3. The Morgan fingerprint density at radius 1 is 1.06 bits per heavy atom. The Morgan fingerprint density at radius 2 is 1.78 bits per heavy atom. The molecule has 32 heavy (non-hydrogen) atoms. The van der Waals surface area contributed by atoms with Crippen LogP contribution in [0.3, 0.4) is 0 Å². The number of likely N-dealkylation sites (tertiary alicyclic amines) is 1. The Labute approximate surface area is 189 Å². The van der Waals surface area contributed by atoms with Gasteiger partial charge in [0.2, 0.25) is 11.8 Å². The summed E-state index contributed by atoms with van der Waals surface area (Å²) < 4.78 is 11.7. The maximum absolute atomic E-state index is 11.2. The van der Waals surface area contributed by atoms with Gasteiger partial charge in [-0.25, -0.2) is 0 Å². The van der Waals surface area contributed by atoms with Gasteiger partial charge in [-0.05, 0) is 61.6 Å². The monoisotopic (exact) mass is 436 g/mol. The van der Waals surface area contributed by atoms with Gasteiger partial charge < -0.3 is 19.7 Å². The van der Waals surface area contributed by atoms with E-state index in [0.717, 1.165) is 60.8 Å². The summed E-state index contributed by atoms with van der Waals surface area (Å²) >= 11 is 0. The number of anilines is 1. The van der Waals surface area contributed by atoms with Gasteiger partial charge in [0, 0.05) is 57.1 Å². The summed E-state index contributed by atoms with van der Waals surface area (Å²) in [5.74, 6) is 2.82. The summed E-state index contributed by atoms with van der Waals surface area (Å²) in [4.78, 5) is 13.8. The van der Waals surface area contributed by atoms with Crippen LogP contribution in [0.2, 0.25) is 0 Å². The van der Waals surface area contributed by atoms with Crippen molar-refractivity contribution < 1.29 is 14.3 Å². The minimum atomic E-state index is -0.0814. The van der Waals surface area contributed by atoms with E-state index in [2.05, 4.69) is 20.4 Å². The number of nitrogens with zero attached hydrogens (tertiary/aromatic N) is 3. The van der Waals surface area contributed by atoms with Crippen molar-refractivity contribution in [2.24, 2.45) is 17.8 Å². The number of ether oxygens (including phenoxy) is 2. The third-order valence-corrected chi connectivity index (χ3v) is 7.07. The largest absolute Gasteiger partial charge is 0.473 e. The molecule has 1 aromatic heterocycles. The predicted octanol–water partition coefficient (Wildman–Crippen LogP) is 3.62. The Morgan fingerprint density at radius 3 is 2.41 bits per heavy atom. The number of carbonyl (C=O) groups is 1. The second-order valence-corrected chi connectivity index (χ2v) is 9.52. The first-order valence-corrected chi connectivity index (χ1v) is 11.8. The zero-order chi connectivity index (χ0) is 21.9. The molecule has 0 spiro atoms. The fourth-order valence-corrected chi connectivity index (χ4v) is 5.52. The molecule has 2 aromatic rings. The van der Waals surface area contributed by atoms with Crippen LogP contribution < -0.4 is 10.1 Å². The van der Waals surface area contributed by atoms with Crippen molar-refractivity contribution in [2.75, 3.05) is 38.2 Å². The molecule has 7 heteroatoms. The fraction of sp³-hybridized carbons (Fsp3) is 0.560. The first kappa shape index (κ1) is 21.3. The Balaban J connectivity index is 1.11. The maximum atomic E-state index is 11.2. The molecule has 170 valence electrons. The van der Waals surface area contributed by atoms with Crippen molar-refractivity contribution in [1.82, 2.24) is 15.1 Å². The van der Waals surface area contributed by atoms with E-state index in [1.54, 1.807) is 0 Å². The summed E-state index contributed by atoms with van der Waals surface area (Å²) in [5.41, 5.74) is 2.52. The van der Waals surface area contributed by atoms with Crippen LogP contribution in [0.4, 0.5) is 5.69 Å². The van der Waals surface area contributed by atoms with E-state index in [-0.39, 0.29) is 12.0 Å². The van der Waals surface area contributed by atoms with Crippen LogP contribution in [0.25, 0.3) is 11.3 Å². The summed E-state index contributed by atoms with van der Waals surface area (Å²) in [6.07, 6.45) is 4.90. The van der Waals surface area contributed by atoms with Crippen LogP contribution in [0.5, 0.6) is 5.88 Å². The molecule has 3 atom stereocenters. The molecule has 1 aromatic carbocycles. The van der Waals surface area contributed by atoms with E-state index in [1.165, 1.54) is 39.4 Å². The fourth-order valence-electron chi connectivity index (χ4n) is 5.52. The van der Waals surface area contributed by atoms with Crippen LogP contribution >= 0.6 is 0 Å². The van der Waals surface area contributed by atoms with Crippen molar-refractivity contribution in [1.29, 1.82) is 0 Å². The SMILES string of the molecule is CC(=O)Nc1ccc(-c2ccc(O[C@H]3C[C@@H]4CN(CC5CCOCC5)C[C@@H]4C3)nn2)cc1. The molecular weight excluding hydrogens is 404 g/mol. The lowest BCUT2D eigenvalue weighted by Crippen LogP contribution is -2.32. The second kappa shape index (κ2) is 9.55. The number of benzene rings is 1. The van der Waals surface area contributed by atoms with Crippen LogP contribution in [-0.2, 0) is 9.53 Å². The van der Waals surface area contributed by atoms with E-state index >= 15 is 0 Å². The number of fused-ring (bicyclic) bond motifs is 1. The van der Waals surface area contributed by atoms with E-state index in [0.29, 0.717) is 5.88 Å². The standard InChI is InChI=1S/C25H32N4O3/c1-17(30)26-22-4-2-19(3-5-22)24-6-7-25(28-27-24)32-23-12-20-15-29(16-21(20)13-23)14-18-8-10-31-11-9-18/h2-7,18,20-21,23H,8-16H2,1H3,(H,26,30)/t20-,21+,23+. The number of hydrogen-bond donors (Lipinski definition) is 1. The van der Waals surface area contributed by atoms with Gasteiger partial charge in [-0.3, -0.25) is 4.79 Å². The van der Waals surface area contributed by atoms with E-state index in [1.807, 2.05) is 36.4 Å². The van der Waals surface area contributed by atoms with E-state index in [4.69, 9.17) is 9.47 Å². The summed E-state index contributed by atoms with van der Waals surface area (Å²) in [6, 6.07) is 11.5. The molecule has 1 saturated carbocycles.